The fraction of sp³-hybridized carbons (Fsp3) is 0.172. The Morgan fingerprint density at radius 2 is 1.22 bits per heavy atom. The molecule has 3 heteroatoms. The second-order valence-corrected chi connectivity index (χ2v) is 8.08. The number of carbonyl (C=O) groups is 1. The average molecular weight is 421 g/mol. The summed E-state index contributed by atoms with van der Waals surface area (Å²) in [5.74, 6) is -0.310. The molecule has 0 aliphatic rings. The van der Waals surface area contributed by atoms with Crippen molar-refractivity contribution < 1.29 is 4.79 Å². The van der Waals surface area contributed by atoms with Crippen molar-refractivity contribution in [2.75, 3.05) is 0 Å². The summed E-state index contributed by atoms with van der Waals surface area (Å²) in [6.07, 6.45) is 0. The van der Waals surface area contributed by atoms with Crippen LogP contribution >= 0.6 is 0 Å². The van der Waals surface area contributed by atoms with Gasteiger partial charge in [0, 0.05) is 5.69 Å². The summed E-state index contributed by atoms with van der Waals surface area (Å²) in [5.41, 5.74) is 4.93. The zero-order valence-electron chi connectivity index (χ0n) is 18.6. The normalized spacial score (nSPS) is 11.8. The van der Waals surface area contributed by atoms with Crippen molar-refractivity contribution in [3.8, 4) is 0 Å². The van der Waals surface area contributed by atoms with Crippen molar-refractivity contribution in [1.29, 1.82) is 0 Å². The molecule has 0 aliphatic carbocycles. The smallest absolute Gasteiger partial charge is 0.235 e. The average Bonchev–Trinajstić information content (AvgIpc) is 2.84. The third kappa shape index (κ3) is 4.94. The monoisotopic (exact) mass is 420 g/mol. The molecule has 0 bridgehead atoms. The van der Waals surface area contributed by atoms with Crippen LogP contribution in [0.4, 0.5) is 0 Å². The molecule has 4 rings (SSSR count). The van der Waals surface area contributed by atoms with Gasteiger partial charge in [-0.15, -0.1) is 0 Å². The second-order valence-electron chi connectivity index (χ2n) is 8.08. The van der Waals surface area contributed by atoms with Gasteiger partial charge in [0.05, 0.1) is 24.2 Å². The minimum atomic E-state index is -0.381. The first-order valence-corrected chi connectivity index (χ1v) is 11.0. The number of nitrogens with zero attached hydrogens (tertiary/aromatic N) is 2. The molecule has 1 heterocycles. The van der Waals surface area contributed by atoms with Gasteiger partial charge in [0.15, 0.2) is 0 Å². The van der Waals surface area contributed by atoms with Gasteiger partial charge in [-0.1, -0.05) is 97.1 Å². The summed E-state index contributed by atoms with van der Waals surface area (Å²) < 4.78 is 0. The van der Waals surface area contributed by atoms with E-state index in [0.29, 0.717) is 6.54 Å². The highest BCUT2D eigenvalue weighted by atomic mass is 16.2. The Balaban J connectivity index is 1.77. The fourth-order valence-corrected chi connectivity index (χ4v) is 4.11. The minimum Gasteiger partial charge on any atom is -0.329 e. The summed E-state index contributed by atoms with van der Waals surface area (Å²) in [7, 11) is 0. The van der Waals surface area contributed by atoms with E-state index in [2.05, 4.69) is 24.0 Å². The summed E-state index contributed by atoms with van der Waals surface area (Å²) in [6.45, 7) is 4.52. The van der Waals surface area contributed by atoms with E-state index in [1.165, 1.54) is 0 Å². The van der Waals surface area contributed by atoms with Crippen molar-refractivity contribution in [3.63, 3.8) is 0 Å². The van der Waals surface area contributed by atoms with Crippen molar-refractivity contribution in [1.82, 2.24) is 9.88 Å². The zero-order valence-corrected chi connectivity index (χ0v) is 18.6. The Labute approximate surface area is 190 Å². The van der Waals surface area contributed by atoms with E-state index in [0.717, 1.165) is 28.1 Å². The minimum absolute atomic E-state index is 0.0714. The van der Waals surface area contributed by atoms with E-state index in [9.17, 15) is 4.79 Å². The molecule has 3 aromatic carbocycles. The first-order valence-electron chi connectivity index (χ1n) is 11.0. The van der Waals surface area contributed by atoms with E-state index < -0.39 is 0 Å². The van der Waals surface area contributed by atoms with Gasteiger partial charge in [0.25, 0.3) is 0 Å². The number of hydrogen-bond donors (Lipinski definition) is 0. The van der Waals surface area contributed by atoms with Crippen LogP contribution in [0.5, 0.6) is 0 Å². The summed E-state index contributed by atoms with van der Waals surface area (Å²) in [5, 5.41) is 0. The van der Waals surface area contributed by atoms with Gasteiger partial charge in [0.1, 0.15) is 0 Å². The Morgan fingerprint density at radius 1 is 0.719 bits per heavy atom. The molecule has 1 atom stereocenters. The molecule has 32 heavy (non-hydrogen) atoms. The summed E-state index contributed by atoms with van der Waals surface area (Å²) in [6, 6.07) is 36.1. The predicted octanol–water partition coefficient (Wildman–Crippen LogP) is 6.31. The number of aryl methyl sites for hydroxylation is 1. The number of amides is 1. The maximum absolute atomic E-state index is 14.2. The van der Waals surface area contributed by atoms with Gasteiger partial charge in [-0.25, -0.2) is 0 Å². The molecular formula is C29H28N2O. The number of carbonyl (C=O) groups excluding carboxylic acids is 1. The SMILES string of the molecule is Cc1cccc(CN(C(=O)C(c2ccccc2)c2ccccc2)C(C)c2ccccc2)n1. The lowest BCUT2D eigenvalue weighted by molar-refractivity contribution is -0.134. The maximum Gasteiger partial charge on any atom is 0.235 e. The Bertz CT molecular complexity index is 1100. The van der Waals surface area contributed by atoms with Crippen LogP contribution < -0.4 is 0 Å². The van der Waals surface area contributed by atoms with Crippen LogP contribution in [0.1, 0.15) is 47.0 Å². The van der Waals surface area contributed by atoms with Crippen LogP contribution in [-0.2, 0) is 11.3 Å². The van der Waals surface area contributed by atoms with E-state index in [4.69, 9.17) is 0 Å². The van der Waals surface area contributed by atoms with Crippen LogP contribution in [0.15, 0.2) is 109 Å². The number of benzene rings is 3. The van der Waals surface area contributed by atoms with Crippen molar-refractivity contribution in [2.24, 2.45) is 0 Å². The lowest BCUT2D eigenvalue weighted by Crippen LogP contribution is -2.37. The maximum atomic E-state index is 14.2. The highest BCUT2D eigenvalue weighted by Gasteiger charge is 2.31. The molecular weight excluding hydrogens is 392 g/mol. The van der Waals surface area contributed by atoms with Gasteiger partial charge in [-0.05, 0) is 42.7 Å². The lowest BCUT2D eigenvalue weighted by Gasteiger charge is -2.33. The molecule has 0 fully saturated rings. The van der Waals surface area contributed by atoms with Crippen LogP contribution in [0, 0.1) is 6.92 Å². The highest BCUT2D eigenvalue weighted by molar-refractivity contribution is 5.87. The number of pyridine rings is 1. The second kappa shape index (κ2) is 10.1. The molecule has 1 amide bonds. The molecule has 3 nitrogen and oxygen atoms in total. The lowest BCUT2D eigenvalue weighted by atomic mass is 9.89. The fourth-order valence-electron chi connectivity index (χ4n) is 4.11. The van der Waals surface area contributed by atoms with E-state index in [1.807, 2.05) is 109 Å². The molecule has 4 aromatic rings. The van der Waals surface area contributed by atoms with Gasteiger partial charge in [0.2, 0.25) is 5.91 Å². The number of aromatic nitrogens is 1. The van der Waals surface area contributed by atoms with Gasteiger partial charge < -0.3 is 4.90 Å². The molecule has 0 saturated carbocycles. The molecule has 0 N–H and O–H groups in total. The quantitative estimate of drug-likeness (QED) is 0.351. The third-order valence-electron chi connectivity index (χ3n) is 5.82. The highest BCUT2D eigenvalue weighted by Crippen LogP contribution is 2.32. The third-order valence-corrected chi connectivity index (χ3v) is 5.82. The number of hydrogen-bond acceptors (Lipinski definition) is 2. The largest absolute Gasteiger partial charge is 0.329 e. The van der Waals surface area contributed by atoms with Gasteiger partial charge in [-0.2, -0.15) is 0 Å². The Kier molecular flexibility index (Phi) is 6.76. The van der Waals surface area contributed by atoms with Crippen molar-refractivity contribution >= 4 is 5.91 Å². The summed E-state index contributed by atoms with van der Waals surface area (Å²) >= 11 is 0. The molecule has 1 unspecified atom stereocenters. The first-order chi connectivity index (χ1) is 15.6. The van der Waals surface area contributed by atoms with E-state index in [1.54, 1.807) is 0 Å². The van der Waals surface area contributed by atoms with Gasteiger partial charge in [-0.3, -0.25) is 9.78 Å². The molecule has 0 aliphatic heterocycles. The molecule has 0 spiro atoms. The Hall–Kier alpha value is -3.72. The topological polar surface area (TPSA) is 33.2 Å². The van der Waals surface area contributed by atoms with Crippen molar-refractivity contribution in [2.45, 2.75) is 32.4 Å². The molecule has 0 saturated heterocycles. The summed E-state index contributed by atoms with van der Waals surface area (Å²) in [4.78, 5) is 20.9. The van der Waals surface area contributed by atoms with Crippen molar-refractivity contribution in [3.05, 3.63) is 137 Å². The number of rotatable bonds is 7. The standard InChI is InChI=1S/C29H28N2O/c1-22-13-12-20-27(30-22)21-31(23(2)24-14-6-3-7-15-24)29(32)28(25-16-8-4-9-17-25)26-18-10-5-11-19-26/h3-20,23,28H,21H2,1-2H3. The van der Waals surface area contributed by atoms with E-state index >= 15 is 0 Å². The predicted molar refractivity (Wildman–Crippen MR) is 129 cm³/mol. The molecule has 1 aromatic heterocycles. The van der Waals surface area contributed by atoms with Crippen LogP contribution in [0.25, 0.3) is 0 Å². The van der Waals surface area contributed by atoms with Crippen LogP contribution in [0.2, 0.25) is 0 Å². The zero-order chi connectivity index (χ0) is 22.3. The van der Waals surface area contributed by atoms with Crippen LogP contribution in [0.3, 0.4) is 0 Å². The molecule has 0 radical (unpaired) electrons. The van der Waals surface area contributed by atoms with Gasteiger partial charge >= 0.3 is 0 Å². The first kappa shape index (κ1) is 21.5. The van der Waals surface area contributed by atoms with Crippen LogP contribution in [-0.4, -0.2) is 15.8 Å². The Morgan fingerprint density at radius 3 is 1.72 bits per heavy atom. The van der Waals surface area contributed by atoms with E-state index in [-0.39, 0.29) is 17.9 Å². The molecule has 160 valence electrons.